The Bertz CT molecular complexity index is 746. The zero-order chi connectivity index (χ0) is 19.9. The van der Waals surface area contributed by atoms with E-state index < -0.39 is 29.1 Å². The van der Waals surface area contributed by atoms with Crippen molar-refractivity contribution in [2.45, 2.75) is 51.7 Å². The number of carbonyl (C=O) groups is 3. The fourth-order valence-electron chi connectivity index (χ4n) is 5.36. The van der Waals surface area contributed by atoms with Crippen molar-refractivity contribution in [3.8, 4) is 0 Å². The summed E-state index contributed by atoms with van der Waals surface area (Å²) in [6.45, 7) is 6.09. The minimum Gasteiger partial charge on any atom is -0.459 e. The van der Waals surface area contributed by atoms with Crippen molar-refractivity contribution in [3.63, 3.8) is 0 Å². The number of aliphatic hydroxyl groups is 1. The number of hydrogen-bond donors (Lipinski definition) is 1. The van der Waals surface area contributed by atoms with Crippen molar-refractivity contribution in [2.75, 3.05) is 6.61 Å². The van der Waals surface area contributed by atoms with Gasteiger partial charge in [-0.25, -0.2) is 9.59 Å². The van der Waals surface area contributed by atoms with Gasteiger partial charge in [-0.1, -0.05) is 39.3 Å². The van der Waals surface area contributed by atoms with Crippen LogP contribution >= 0.6 is 0 Å². The maximum Gasteiger partial charge on any atom is 0.343 e. The van der Waals surface area contributed by atoms with Crippen LogP contribution < -0.4 is 0 Å². The van der Waals surface area contributed by atoms with Crippen LogP contribution in [0.1, 0.15) is 40.0 Å². The van der Waals surface area contributed by atoms with Crippen molar-refractivity contribution >= 4 is 18.2 Å². The lowest BCUT2D eigenvalue weighted by Crippen LogP contribution is -2.65. The minimum atomic E-state index is -1.67. The largest absolute Gasteiger partial charge is 0.459 e. The first-order valence-corrected chi connectivity index (χ1v) is 9.27. The Hall–Kier alpha value is -2.21. The normalized spacial score (nSPS) is 37.5. The number of rotatable bonds is 4. The first kappa shape index (κ1) is 19.5. The molecule has 146 valence electrons. The second-order valence-corrected chi connectivity index (χ2v) is 8.50. The van der Waals surface area contributed by atoms with Gasteiger partial charge in [0.15, 0.2) is 5.60 Å². The first-order valence-electron chi connectivity index (χ1n) is 9.27. The highest BCUT2D eigenvalue weighted by Crippen LogP contribution is 2.63. The van der Waals surface area contributed by atoms with Crippen LogP contribution in [0.25, 0.3) is 0 Å². The van der Waals surface area contributed by atoms with Crippen LogP contribution in [0.4, 0.5) is 0 Å². The van der Waals surface area contributed by atoms with Crippen LogP contribution in [0, 0.1) is 16.7 Å². The van der Waals surface area contributed by atoms with Gasteiger partial charge in [0.2, 0.25) is 0 Å². The second kappa shape index (κ2) is 6.75. The molecule has 0 unspecified atom stereocenters. The summed E-state index contributed by atoms with van der Waals surface area (Å²) in [6.07, 6.45) is 9.59. The lowest BCUT2D eigenvalue weighted by molar-refractivity contribution is -0.194. The maximum atomic E-state index is 12.5. The Morgan fingerprint density at radius 3 is 2.70 bits per heavy atom. The van der Waals surface area contributed by atoms with Crippen LogP contribution in [0.3, 0.4) is 0 Å². The fourth-order valence-corrected chi connectivity index (χ4v) is 5.36. The van der Waals surface area contributed by atoms with Gasteiger partial charge in [0.25, 0.3) is 0 Å². The molecule has 1 saturated carbocycles. The molecule has 27 heavy (non-hydrogen) atoms. The monoisotopic (exact) mass is 374 g/mol. The highest BCUT2D eigenvalue weighted by Gasteiger charge is 2.69. The van der Waals surface area contributed by atoms with Gasteiger partial charge in [0, 0.05) is 23.0 Å². The SMILES string of the molecule is CC1(C)CCC[C@@]2(C)[C@H]1[C@H](OC(=O)/C=C/C=C/C=O)C=C1COC(=O)[C@]12O. The Morgan fingerprint density at radius 1 is 1.26 bits per heavy atom. The summed E-state index contributed by atoms with van der Waals surface area (Å²) in [5.41, 5.74) is -2.20. The Morgan fingerprint density at radius 2 is 2.00 bits per heavy atom. The number of esters is 2. The van der Waals surface area contributed by atoms with E-state index in [0.717, 1.165) is 12.8 Å². The van der Waals surface area contributed by atoms with Crippen LogP contribution in [0.2, 0.25) is 0 Å². The topological polar surface area (TPSA) is 89.9 Å². The molecular formula is C21H26O6. The Kier molecular flexibility index (Phi) is 4.89. The summed E-state index contributed by atoms with van der Waals surface area (Å²) >= 11 is 0. The molecule has 0 aromatic carbocycles. The predicted molar refractivity (Wildman–Crippen MR) is 97.4 cm³/mol. The van der Waals surface area contributed by atoms with Crippen molar-refractivity contribution in [3.05, 3.63) is 36.0 Å². The molecule has 0 amide bonds. The third-order valence-electron chi connectivity index (χ3n) is 6.47. The van der Waals surface area contributed by atoms with E-state index in [4.69, 9.17) is 9.47 Å². The highest BCUT2D eigenvalue weighted by molar-refractivity contribution is 5.88. The van der Waals surface area contributed by atoms with E-state index in [-0.39, 0.29) is 17.9 Å². The molecule has 6 nitrogen and oxygen atoms in total. The number of cyclic esters (lactones) is 1. The van der Waals surface area contributed by atoms with Crippen molar-refractivity contribution in [1.82, 2.24) is 0 Å². The van der Waals surface area contributed by atoms with Gasteiger partial charge < -0.3 is 14.6 Å². The number of fused-ring (bicyclic) bond motifs is 3. The molecule has 0 bridgehead atoms. The van der Waals surface area contributed by atoms with E-state index >= 15 is 0 Å². The quantitative estimate of drug-likeness (QED) is 0.267. The van der Waals surface area contributed by atoms with E-state index in [0.29, 0.717) is 18.3 Å². The van der Waals surface area contributed by atoms with E-state index in [1.807, 2.05) is 6.92 Å². The van der Waals surface area contributed by atoms with Gasteiger partial charge in [-0.15, -0.1) is 0 Å². The van der Waals surface area contributed by atoms with Gasteiger partial charge in [0.05, 0.1) is 0 Å². The van der Waals surface area contributed by atoms with Gasteiger partial charge in [-0.3, -0.25) is 4.79 Å². The molecule has 0 radical (unpaired) electrons. The molecule has 1 N–H and O–H groups in total. The maximum absolute atomic E-state index is 12.5. The Balaban J connectivity index is 1.98. The summed E-state index contributed by atoms with van der Waals surface area (Å²) in [6, 6.07) is 0. The van der Waals surface area contributed by atoms with Gasteiger partial charge in [0.1, 0.15) is 19.0 Å². The fraction of sp³-hybridized carbons (Fsp3) is 0.571. The summed E-state index contributed by atoms with van der Waals surface area (Å²) in [5.74, 6) is -1.38. The summed E-state index contributed by atoms with van der Waals surface area (Å²) in [5, 5.41) is 11.4. The molecule has 1 aliphatic heterocycles. The molecule has 0 aromatic heterocycles. The molecule has 1 heterocycles. The number of carbonyl (C=O) groups excluding carboxylic acids is 3. The van der Waals surface area contributed by atoms with Crippen LogP contribution in [-0.4, -0.2) is 41.6 Å². The third-order valence-corrected chi connectivity index (χ3v) is 6.47. The van der Waals surface area contributed by atoms with Crippen molar-refractivity contribution in [1.29, 1.82) is 0 Å². The molecule has 2 fully saturated rings. The van der Waals surface area contributed by atoms with Gasteiger partial charge in [-0.05, 0) is 30.4 Å². The number of allylic oxidation sites excluding steroid dienone is 3. The molecule has 4 atom stereocenters. The molecule has 1 saturated heterocycles. The molecule has 0 spiro atoms. The highest BCUT2D eigenvalue weighted by atomic mass is 16.6. The van der Waals surface area contributed by atoms with Crippen LogP contribution in [-0.2, 0) is 23.9 Å². The number of ether oxygens (including phenoxy) is 2. The van der Waals surface area contributed by atoms with E-state index in [1.54, 1.807) is 6.08 Å². The average molecular weight is 374 g/mol. The Labute approximate surface area is 158 Å². The second-order valence-electron chi connectivity index (χ2n) is 8.50. The summed E-state index contributed by atoms with van der Waals surface area (Å²) < 4.78 is 10.9. The lowest BCUT2D eigenvalue weighted by atomic mass is 9.46. The van der Waals surface area contributed by atoms with Gasteiger partial charge in [-0.2, -0.15) is 0 Å². The van der Waals surface area contributed by atoms with E-state index in [9.17, 15) is 19.5 Å². The summed E-state index contributed by atoms with van der Waals surface area (Å²) in [4.78, 5) is 35.0. The minimum absolute atomic E-state index is 0.0179. The van der Waals surface area contributed by atoms with Crippen LogP contribution in [0.15, 0.2) is 36.0 Å². The molecule has 2 aliphatic carbocycles. The predicted octanol–water partition coefficient (Wildman–Crippen LogP) is 2.27. The van der Waals surface area contributed by atoms with E-state index in [2.05, 4.69) is 13.8 Å². The first-order chi connectivity index (χ1) is 12.7. The average Bonchev–Trinajstić information content (AvgIpc) is 2.88. The molecule has 0 aromatic rings. The molecule has 3 rings (SSSR count). The van der Waals surface area contributed by atoms with Gasteiger partial charge >= 0.3 is 11.9 Å². The third kappa shape index (κ3) is 2.96. The lowest BCUT2D eigenvalue weighted by Gasteiger charge is -2.59. The van der Waals surface area contributed by atoms with Crippen LogP contribution in [0.5, 0.6) is 0 Å². The van der Waals surface area contributed by atoms with Crippen molar-refractivity contribution in [2.24, 2.45) is 16.7 Å². The number of hydrogen-bond acceptors (Lipinski definition) is 6. The molecule has 3 aliphatic rings. The standard InChI is InChI=1S/C21H26O6/c1-19(2)9-7-10-20(3)17(19)15(27-16(23)8-5-4-6-11-22)12-14-13-26-18(24)21(14,20)25/h4-6,8,11-12,15,17,25H,7,9-10,13H2,1-3H3/b6-4+,8-5+/t15-,17+,20+,21-/m1/s1. The molecule has 6 heteroatoms. The molecular weight excluding hydrogens is 348 g/mol. The zero-order valence-corrected chi connectivity index (χ0v) is 15.9. The van der Waals surface area contributed by atoms with Crippen molar-refractivity contribution < 1.29 is 29.0 Å². The van der Waals surface area contributed by atoms with E-state index in [1.165, 1.54) is 24.3 Å². The summed E-state index contributed by atoms with van der Waals surface area (Å²) in [7, 11) is 0. The zero-order valence-electron chi connectivity index (χ0n) is 15.9. The smallest absolute Gasteiger partial charge is 0.343 e. The number of aldehydes is 1.